The van der Waals surface area contributed by atoms with Crippen molar-refractivity contribution in [2.45, 2.75) is 93.9 Å². The predicted octanol–water partition coefficient (Wildman–Crippen LogP) is 11.8. The van der Waals surface area contributed by atoms with E-state index in [2.05, 4.69) is 97.2 Å². The van der Waals surface area contributed by atoms with Gasteiger partial charge < -0.3 is 0 Å². The lowest BCUT2D eigenvalue weighted by atomic mass is 9.81. The van der Waals surface area contributed by atoms with E-state index in [0.29, 0.717) is 0 Å². The lowest BCUT2D eigenvalue weighted by Gasteiger charge is -2.22. The van der Waals surface area contributed by atoms with E-state index in [1.54, 1.807) is 0 Å². The van der Waals surface area contributed by atoms with Gasteiger partial charge in [0.1, 0.15) is 0 Å². The summed E-state index contributed by atoms with van der Waals surface area (Å²) in [5, 5.41) is 0. The summed E-state index contributed by atoms with van der Waals surface area (Å²) in [6.07, 6.45) is 43.0. The second-order valence-electron chi connectivity index (χ2n) is 7.40. The van der Waals surface area contributed by atoms with Crippen molar-refractivity contribution in [1.29, 1.82) is 0 Å². The van der Waals surface area contributed by atoms with E-state index in [4.69, 9.17) is 0 Å². The molecular formula is C36H52. The minimum absolute atomic E-state index is 0.992. The number of allylic oxidation sites excluding steroid dienone is 22. The molecule has 0 aromatic carbocycles. The highest BCUT2D eigenvalue weighted by Gasteiger charge is 2.20. The monoisotopic (exact) mass is 484 g/mol. The second kappa shape index (κ2) is 22.6. The van der Waals surface area contributed by atoms with Crippen LogP contribution < -0.4 is 0 Å². The molecule has 36 heavy (non-hydrogen) atoms. The molecule has 4 rings (SSSR count). The standard InChI is InChI=1S/C28H28.4C2H6/c1-2-8-16-23(15-7-1)27(25-19-11-5-12-20-25)28(26-21-13-6-14-22-26)24-17-9-3-4-10-18-24;4*1-2/h1,3,7-11,13,15-22H,2,4-6,12,14H2;4*1-2H3/b28-27-;;;;. The van der Waals surface area contributed by atoms with Crippen molar-refractivity contribution in [3.8, 4) is 0 Å². The van der Waals surface area contributed by atoms with Crippen molar-refractivity contribution in [1.82, 2.24) is 0 Å². The topological polar surface area (TPSA) is 0 Å². The van der Waals surface area contributed by atoms with Crippen LogP contribution >= 0.6 is 0 Å². The summed E-state index contributed by atoms with van der Waals surface area (Å²) in [5.41, 5.74) is 7.98. The van der Waals surface area contributed by atoms with Crippen molar-refractivity contribution < 1.29 is 0 Å². The van der Waals surface area contributed by atoms with Gasteiger partial charge in [-0.05, 0) is 72.0 Å². The molecule has 4 aliphatic carbocycles. The fourth-order valence-corrected chi connectivity index (χ4v) is 4.00. The molecule has 0 amide bonds. The van der Waals surface area contributed by atoms with Crippen molar-refractivity contribution >= 4 is 0 Å². The van der Waals surface area contributed by atoms with Gasteiger partial charge in [0.25, 0.3) is 0 Å². The Morgan fingerprint density at radius 1 is 0.417 bits per heavy atom. The van der Waals surface area contributed by atoms with Gasteiger partial charge in [-0.3, -0.25) is 0 Å². The molecule has 0 fully saturated rings. The van der Waals surface area contributed by atoms with Gasteiger partial charge >= 0.3 is 0 Å². The average Bonchev–Trinajstić information content (AvgIpc) is 3.43. The van der Waals surface area contributed by atoms with Gasteiger partial charge in [0, 0.05) is 0 Å². The van der Waals surface area contributed by atoms with Crippen LogP contribution in [0.3, 0.4) is 0 Å². The van der Waals surface area contributed by atoms with E-state index in [9.17, 15) is 0 Å². The first-order valence-electron chi connectivity index (χ1n) is 14.5. The van der Waals surface area contributed by atoms with Crippen LogP contribution in [0.2, 0.25) is 0 Å². The van der Waals surface area contributed by atoms with Gasteiger partial charge in [-0.15, -0.1) is 0 Å². The van der Waals surface area contributed by atoms with E-state index >= 15 is 0 Å². The maximum Gasteiger partial charge on any atom is -0.00304 e. The molecule has 0 nitrogen and oxygen atoms in total. The normalized spacial score (nSPS) is 17.8. The van der Waals surface area contributed by atoms with Gasteiger partial charge in [0.05, 0.1) is 0 Å². The Bertz CT molecular complexity index is 862. The zero-order chi connectivity index (χ0) is 27.0. The largest absolute Gasteiger partial charge is 0.0836 e. The molecule has 0 atom stereocenters. The van der Waals surface area contributed by atoms with Crippen molar-refractivity contribution in [3.05, 3.63) is 131 Å². The number of hydrogen-bond acceptors (Lipinski definition) is 0. The highest BCUT2D eigenvalue weighted by molar-refractivity contribution is 5.71. The van der Waals surface area contributed by atoms with Crippen molar-refractivity contribution in [3.63, 3.8) is 0 Å². The summed E-state index contributed by atoms with van der Waals surface area (Å²) < 4.78 is 0. The van der Waals surface area contributed by atoms with Crippen LogP contribution in [0.25, 0.3) is 0 Å². The van der Waals surface area contributed by atoms with E-state index in [-0.39, 0.29) is 0 Å². The van der Waals surface area contributed by atoms with Crippen molar-refractivity contribution in [2.24, 2.45) is 0 Å². The van der Waals surface area contributed by atoms with Gasteiger partial charge in [-0.1, -0.05) is 153 Å². The fraction of sp³-hybridized carbons (Fsp3) is 0.389. The third-order valence-electron chi connectivity index (χ3n) is 5.36. The predicted molar refractivity (Wildman–Crippen MR) is 167 cm³/mol. The fourth-order valence-electron chi connectivity index (χ4n) is 4.00. The summed E-state index contributed by atoms with van der Waals surface area (Å²) in [6.45, 7) is 16.0. The van der Waals surface area contributed by atoms with Gasteiger partial charge in [-0.2, -0.15) is 0 Å². The maximum absolute atomic E-state index is 2.41. The summed E-state index contributed by atoms with van der Waals surface area (Å²) >= 11 is 0. The van der Waals surface area contributed by atoms with E-state index in [1.807, 2.05) is 55.4 Å². The number of hydrogen-bond donors (Lipinski definition) is 0. The number of rotatable bonds is 4. The van der Waals surface area contributed by atoms with E-state index in [1.165, 1.54) is 33.4 Å². The van der Waals surface area contributed by atoms with E-state index in [0.717, 1.165) is 38.5 Å². The molecule has 0 aliphatic heterocycles. The maximum atomic E-state index is 2.41. The zero-order valence-electron chi connectivity index (χ0n) is 24.5. The molecule has 0 saturated carbocycles. The van der Waals surface area contributed by atoms with Gasteiger partial charge in [0.15, 0.2) is 0 Å². The summed E-state index contributed by atoms with van der Waals surface area (Å²) in [5.74, 6) is 0. The molecule has 0 heterocycles. The van der Waals surface area contributed by atoms with Gasteiger partial charge in [0.2, 0.25) is 0 Å². The first-order valence-corrected chi connectivity index (χ1v) is 14.5. The van der Waals surface area contributed by atoms with Crippen LogP contribution in [0.15, 0.2) is 131 Å². The Morgan fingerprint density at radius 3 is 1.11 bits per heavy atom. The van der Waals surface area contributed by atoms with Crippen LogP contribution in [0.4, 0.5) is 0 Å². The van der Waals surface area contributed by atoms with Crippen LogP contribution in [-0.4, -0.2) is 0 Å². The smallest absolute Gasteiger partial charge is 0.00304 e. The Morgan fingerprint density at radius 2 is 0.778 bits per heavy atom. The van der Waals surface area contributed by atoms with Crippen LogP contribution in [0.5, 0.6) is 0 Å². The molecule has 4 aliphatic rings. The summed E-state index contributed by atoms with van der Waals surface area (Å²) in [7, 11) is 0. The molecule has 0 saturated heterocycles. The third-order valence-corrected chi connectivity index (χ3v) is 5.36. The van der Waals surface area contributed by atoms with Crippen molar-refractivity contribution in [2.75, 3.05) is 0 Å². The summed E-state index contributed by atoms with van der Waals surface area (Å²) in [6, 6.07) is 0. The molecule has 0 spiro atoms. The molecule has 196 valence electrons. The third kappa shape index (κ3) is 10.8. The lowest BCUT2D eigenvalue weighted by molar-refractivity contribution is 1.01. The SMILES string of the molecule is C1=CCC=CC(/C(C2=CCCC=C2)=C(\C2=CC=CCC=C2)C2=CCCC=C2)=C1.CC.CC.CC.CC. The van der Waals surface area contributed by atoms with Crippen LogP contribution in [0.1, 0.15) is 93.9 Å². The molecule has 0 bridgehead atoms. The highest BCUT2D eigenvalue weighted by atomic mass is 14.2. The molecule has 0 radical (unpaired) electrons. The minimum Gasteiger partial charge on any atom is -0.0836 e. The lowest BCUT2D eigenvalue weighted by Crippen LogP contribution is -2.04. The molecular weight excluding hydrogens is 432 g/mol. The molecule has 0 N–H and O–H groups in total. The first-order chi connectivity index (χ1) is 17.9. The Kier molecular flexibility index (Phi) is 20.8. The Balaban J connectivity index is 0.00000140. The summed E-state index contributed by atoms with van der Waals surface area (Å²) in [4.78, 5) is 0. The molecule has 0 unspecified atom stereocenters. The van der Waals surface area contributed by atoms with Crippen LogP contribution in [-0.2, 0) is 0 Å². The average molecular weight is 485 g/mol. The molecule has 0 aromatic heterocycles. The highest BCUT2D eigenvalue weighted by Crippen LogP contribution is 2.38. The second-order valence-corrected chi connectivity index (χ2v) is 7.40. The Hall–Kier alpha value is -2.86. The Labute approximate surface area is 224 Å². The molecule has 0 heteroatoms. The van der Waals surface area contributed by atoms with E-state index < -0.39 is 0 Å². The first kappa shape index (κ1) is 33.1. The minimum atomic E-state index is 0.992. The zero-order valence-corrected chi connectivity index (χ0v) is 24.5. The van der Waals surface area contributed by atoms with Gasteiger partial charge in [-0.25, -0.2) is 0 Å². The quantitative estimate of drug-likeness (QED) is 0.372. The van der Waals surface area contributed by atoms with Crippen LogP contribution in [0, 0.1) is 0 Å². The molecule has 0 aromatic rings.